The van der Waals surface area contributed by atoms with Crippen molar-refractivity contribution >= 4 is 23.2 Å². The standard InChI is InChI=1S/C18H20Cl2N2O3/c1-12(10-15-8-9-16(19)11-17(15)20)21(23)18(13(2)22(24)25)14-6-4-3-5-7-14/h3-9,11-13,18,23H,10H2,1-2H3. The van der Waals surface area contributed by atoms with Crippen molar-refractivity contribution in [2.45, 2.75) is 38.4 Å². The molecule has 0 saturated heterocycles. The number of rotatable bonds is 7. The van der Waals surface area contributed by atoms with Gasteiger partial charge in [0.1, 0.15) is 6.04 Å². The number of hydroxylamine groups is 2. The Morgan fingerprint density at radius 3 is 2.36 bits per heavy atom. The first kappa shape index (κ1) is 19.7. The zero-order chi connectivity index (χ0) is 18.6. The highest BCUT2D eigenvalue weighted by molar-refractivity contribution is 6.35. The van der Waals surface area contributed by atoms with Gasteiger partial charge in [-0.3, -0.25) is 10.1 Å². The number of hydrogen-bond acceptors (Lipinski definition) is 4. The van der Waals surface area contributed by atoms with E-state index in [-0.39, 0.29) is 11.0 Å². The van der Waals surface area contributed by atoms with Crippen LogP contribution in [0, 0.1) is 10.1 Å². The molecule has 1 N–H and O–H groups in total. The molecule has 0 aromatic heterocycles. The molecule has 7 heteroatoms. The normalized spacial score (nSPS) is 15.0. The maximum absolute atomic E-state index is 11.3. The van der Waals surface area contributed by atoms with E-state index >= 15 is 0 Å². The van der Waals surface area contributed by atoms with Crippen molar-refractivity contribution in [3.63, 3.8) is 0 Å². The summed E-state index contributed by atoms with van der Waals surface area (Å²) in [6, 6.07) is 12.0. The lowest BCUT2D eigenvalue weighted by atomic mass is 9.97. The van der Waals surface area contributed by atoms with Crippen molar-refractivity contribution in [1.29, 1.82) is 0 Å². The van der Waals surface area contributed by atoms with Crippen molar-refractivity contribution < 1.29 is 10.1 Å². The average molecular weight is 383 g/mol. The summed E-state index contributed by atoms with van der Waals surface area (Å²) in [6.07, 6.45) is 0.431. The first-order chi connectivity index (χ1) is 11.8. The average Bonchev–Trinajstić information content (AvgIpc) is 2.58. The van der Waals surface area contributed by atoms with E-state index in [0.717, 1.165) is 10.6 Å². The summed E-state index contributed by atoms with van der Waals surface area (Å²) >= 11 is 12.1. The molecule has 5 nitrogen and oxygen atoms in total. The number of hydrogen-bond donors (Lipinski definition) is 1. The van der Waals surface area contributed by atoms with Crippen LogP contribution in [0.1, 0.15) is 31.0 Å². The van der Waals surface area contributed by atoms with Gasteiger partial charge in [-0.05, 0) is 36.6 Å². The van der Waals surface area contributed by atoms with Crippen LogP contribution in [0.4, 0.5) is 0 Å². The highest BCUT2D eigenvalue weighted by Gasteiger charge is 2.35. The molecule has 0 amide bonds. The van der Waals surface area contributed by atoms with Gasteiger partial charge in [0.2, 0.25) is 6.04 Å². The molecule has 0 spiro atoms. The van der Waals surface area contributed by atoms with Crippen LogP contribution in [0.3, 0.4) is 0 Å². The summed E-state index contributed by atoms with van der Waals surface area (Å²) in [5.74, 6) is 0. The zero-order valence-electron chi connectivity index (χ0n) is 14.0. The summed E-state index contributed by atoms with van der Waals surface area (Å²) in [6.45, 7) is 3.29. The van der Waals surface area contributed by atoms with Crippen LogP contribution in [-0.4, -0.2) is 27.3 Å². The molecule has 0 heterocycles. The van der Waals surface area contributed by atoms with Crippen LogP contribution >= 0.6 is 23.2 Å². The minimum Gasteiger partial charge on any atom is -0.313 e. The van der Waals surface area contributed by atoms with Gasteiger partial charge in [0, 0.05) is 27.9 Å². The van der Waals surface area contributed by atoms with Crippen molar-refractivity contribution in [2.75, 3.05) is 0 Å². The molecular formula is C18H20Cl2N2O3. The molecule has 0 aliphatic heterocycles. The molecule has 0 aliphatic rings. The van der Waals surface area contributed by atoms with Crippen LogP contribution in [0.25, 0.3) is 0 Å². The lowest BCUT2D eigenvalue weighted by Crippen LogP contribution is -2.42. The fourth-order valence-electron chi connectivity index (χ4n) is 2.79. The third-order valence-electron chi connectivity index (χ3n) is 4.20. The van der Waals surface area contributed by atoms with Crippen molar-refractivity contribution in [3.8, 4) is 0 Å². The van der Waals surface area contributed by atoms with Crippen LogP contribution < -0.4 is 0 Å². The molecular weight excluding hydrogens is 363 g/mol. The Hall–Kier alpha value is -1.66. The van der Waals surface area contributed by atoms with Crippen LogP contribution in [0.15, 0.2) is 48.5 Å². The van der Waals surface area contributed by atoms with Gasteiger partial charge in [-0.25, -0.2) is 0 Å². The Morgan fingerprint density at radius 1 is 1.16 bits per heavy atom. The summed E-state index contributed by atoms with van der Waals surface area (Å²) in [5, 5.41) is 24.1. The van der Waals surface area contributed by atoms with Gasteiger partial charge < -0.3 is 5.21 Å². The summed E-state index contributed by atoms with van der Waals surface area (Å²) in [5.41, 5.74) is 1.50. The molecule has 0 aliphatic carbocycles. The molecule has 0 bridgehead atoms. The number of nitro groups is 1. The molecule has 2 rings (SSSR count). The molecule has 25 heavy (non-hydrogen) atoms. The first-order valence-corrected chi connectivity index (χ1v) is 8.66. The summed E-state index contributed by atoms with van der Waals surface area (Å²) in [4.78, 5) is 10.9. The third kappa shape index (κ3) is 4.92. The second kappa shape index (κ2) is 8.63. The number of benzene rings is 2. The van der Waals surface area contributed by atoms with Crippen molar-refractivity contribution in [1.82, 2.24) is 5.06 Å². The molecule has 134 valence electrons. The van der Waals surface area contributed by atoms with E-state index in [2.05, 4.69) is 0 Å². The van der Waals surface area contributed by atoms with E-state index in [4.69, 9.17) is 23.2 Å². The molecule has 2 aromatic carbocycles. The highest BCUT2D eigenvalue weighted by atomic mass is 35.5. The molecule has 3 atom stereocenters. The van der Waals surface area contributed by atoms with E-state index in [1.54, 1.807) is 49.4 Å². The van der Waals surface area contributed by atoms with E-state index in [1.165, 1.54) is 6.92 Å². The first-order valence-electron chi connectivity index (χ1n) is 7.90. The Balaban J connectivity index is 2.25. The molecule has 3 unspecified atom stereocenters. The number of halogens is 2. The predicted molar refractivity (Wildman–Crippen MR) is 98.9 cm³/mol. The summed E-state index contributed by atoms with van der Waals surface area (Å²) < 4.78 is 0. The summed E-state index contributed by atoms with van der Waals surface area (Å²) in [7, 11) is 0. The van der Waals surface area contributed by atoms with Gasteiger partial charge >= 0.3 is 0 Å². The highest BCUT2D eigenvalue weighted by Crippen LogP contribution is 2.29. The van der Waals surface area contributed by atoms with Gasteiger partial charge in [0.15, 0.2) is 0 Å². The predicted octanol–water partition coefficient (Wildman–Crippen LogP) is 5.02. The van der Waals surface area contributed by atoms with E-state index in [1.807, 2.05) is 6.07 Å². The quantitative estimate of drug-likeness (QED) is 0.538. The monoisotopic (exact) mass is 382 g/mol. The van der Waals surface area contributed by atoms with Crippen LogP contribution in [0.2, 0.25) is 10.0 Å². The van der Waals surface area contributed by atoms with Gasteiger partial charge in [0.25, 0.3) is 0 Å². The third-order valence-corrected chi connectivity index (χ3v) is 4.78. The Kier molecular flexibility index (Phi) is 6.79. The largest absolute Gasteiger partial charge is 0.313 e. The van der Waals surface area contributed by atoms with Gasteiger partial charge in [0.05, 0.1) is 0 Å². The molecule has 0 fully saturated rings. The second-order valence-electron chi connectivity index (χ2n) is 6.05. The molecule has 0 radical (unpaired) electrons. The molecule has 2 aromatic rings. The van der Waals surface area contributed by atoms with Gasteiger partial charge in [-0.1, -0.05) is 59.6 Å². The van der Waals surface area contributed by atoms with Gasteiger partial charge in [-0.2, -0.15) is 5.06 Å². The van der Waals surface area contributed by atoms with Crippen LogP contribution in [-0.2, 0) is 6.42 Å². The van der Waals surface area contributed by atoms with E-state index in [9.17, 15) is 15.3 Å². The SMILES string of the molecule is CC(Cc1ccc(Cl)cc1Cl)N(O)C(c1ccccc1)C(C)[N+](=O)[O-]. The fourth-order valence-corrected chi connectivity index (χ4v) is 3.28. The second-order valence-corrected chi connectivity index (χ2v) is 6.89. The van der Waals surface area contributed by atoms with Crippen molar-refractivity contribution in [2.24, 2.45) is 0 Å². The lowest BCUT2D eigenvalue weighted by molar-refractivity contribution is -0.533. The molecule has 0 saturated carbocycles. The minimum absolute atomic E-state index is 0.383. The topological polar surface area (TPSA) is 66.6 Å². The maximum Gasteiger partial charge on any atom is 0.232 e. The fraction of sp³-hybridized carbons (Fsp3) is 0.333. The van der Waals surface area contributed by atoms with Crippen LogP contribution in [0.5, 0.6) is 0 Å². The van der Waals surface area contributed by atoms with E-state index in [0.29, 0.717) is 22.0 Å². The Bertz CT molecular complexity index is 728. The number of nitrogens with zero attached hydrogens (tertiary/aromatic N) is 2. The van der Waals surface area contributed by atoms with E-state index < -0.39 is 12.1 Å². The Labute approximate surface area is 156 Å². The zero-order valence-corrected chi connectivity index (χ0v) is 15.5. The Morgan fingerprint density at radius 2 is 1.80 bits per heavy atom. The van der Waals surface area contributed by atoms with Gasteiger partial charge in [-0.15, -0.1) is 0 Å². The lowest BCUT2D eigenvalue weighted by Gasteiger charge is -2.32. The smallest absolute Gasteiger partial charge is 0.232 e. The maximum atomic E-state index is 11.3. The van der Waals surface area contributed by atoms with Crippen molar-refractivity contribution in [3.05, 3.63) is 79.8 Å². The minimum atomic E-state index is -0.976.